The molecule has 0 radical (unpaired) electrons. The summed E-state index contributed by atoms with van der Waals surface area (Å²) < 4.78 is 1.75. The zero-order valence-corrected chi connectivity index (χ0v) is 12.2. The number of carboxylic acid groups (broad SMARTS) is 1. The molecular weight excluding hydrogens is 282 g/mol. The van der Waals surface area contributed by atoms with Crippen LogP contribution < -0.4 is 0 Å². The quantitative estimate of drug-likeness (QED) is 0.909. The number of carboxylic acids is 1. The number of para-hydroxylation sites is 1. The molecule has 2 unspecified atom stereocenters. The van der Waals surface area contributed by atoms with Crippen molar-refractivity contribution in [3.05, 3.63) is 48.3 Å². The van der Waals surface area contributed by atoms with E-state index in [-0.39, 0.29) is 11.8 Å². The van der Waals surface area contributed by atoms with Crippen LogP contribution in [0.1, 0.15) is 12.0 Å². The van der Waals surface area contributed by atoms with Gasteiger partial charge in [0, 0.05) is 25.4 Å². The Morgan fingerprint density at radius 3 is 2.68 bits per heavy atom. The standard InChI is InChI=1S/C16H17N3O3/c1-18(15(20)13-7-14(13)16(21)22)9-11-8-17-19(10-11)12-5-3-2-4-6-12/h2-6,8,10,13-14H,7,9H2,1H3,(H,21,22). The van der Waals surface area contributed by atoms with Gasteiger partial charge in [-0.15, -0.1) is 0 Å². The van der Waals surface area contributed by atoms with Crippen molar-refractivity contribution in [1.82, 2.24) is 14.7 Å². The number of carbonyl (C=O) groups excluding carboxylic acids is 1. The highest BCUT2D eigenvalue weighted by molar-refractivity contribution is 5.89. The highest BCUT2D eigenvalue weighted by Gasteiger charge is 2.49. The van der Waals surface area contributed by atoms with Crippen molar-refractivity contribution in [3.63, 3.8) is 0 Å². The van der Waals surface area contributed by atoms with Gasteiger partial charge in [-0.05, 0) is 18.6 Å². The molecule has 114 valence electrons. The lowest BCUT2D eigenvalue weighted by atomic mass is 10.2. The summed E-state index contributed by atoms with van der Waals surface area (Å²) in [5.41, 5.74) is 1.86. The minimum atomic E-state index is -0.886. The predicted octanol–water partition coefficient (Wildman–Crippen LogP) is 1.55. The fourth-order valence-corrected chi connectivity index (χ4v) is 2.54. The van der Waals surface area contributed by atoms with Crippen molar-refractivity contribution in [2.45, 2.75) is 13.0 Å². The Morgan fingerprint density at radius 2 is 2.05 bits per heavy atom. The number of amides is 1. The molecule has 1 aliphatic carbocycles. The summed E-state index contributed by atoms with van der Waals surface area (Å²) >= 11 is 0. The van der Waals surface area contributed by atoms with Gasteiger partial charge in [0.2, 0.25) is 5.91 Å². The lowest BCUT2D eigenvalue weighted by molar-refractivity contribution is -0.141. The number of hydrogen-bond donors (Lipinski definition) is 1. The lowest BCUT2D eigenvalue weighted by Gasteiger charge is -2.15. The first-order valence-electron chi connectivity index (χ1n) is 7.13. The number of carbonyl (C=O) groups is 2. The van der Waals surface area contributed by atoms with Crippen LogP contribution in [0.15, 0.2) is 42.7 Å². The van der Waals surface area contributed by atoms with Crippen LogP contribution in [0.3, 0.4) is 0 Å². The Hall–Kier alpha value is -2.63. The van der Waals surface area contributed by atoms with Gasteiger partial charge in [0.1, 0.15) is 0 Å². The number of benzene rings is 1. The predicted molar refractivity (Wildman–Crippen MR) is 79.3 cm³/mol. The molecule has 2 atom stereocenters. The summed E-state index contributed by atoms with van der Waals surface area (Å²) in [7, 11) is 1.69. The van der Waals surface area contributed by atoms with Gasteiger partial charge in [0.05, 0.1) is 23.7 Å². The van der Waals surface area contributed by atoms with E-state index in [9.17, 15) is 9.59 Å². The van der Waals surface area contributed by atoms with Crippen molar-refractivity contribution < 1.29 is 14.7 Å². The zero-order valence-electron chi connectivity index (χ0n) is 12.2. The molecule has 1 aliphatic rings. The average molecular weight is 299 g/mol. The van der Waals surface area contributed by atoms with Crippen LogP contribution in [0.25, 0.3) is 5.69 Å². The molecule has 22 heavy (non-hydrogen) atoms. The van der Waals surface area contributed by atoms with Crippen LogP contribution in [0.4, 0.5) is 0 Å². The smallest absolute Gasteiger partial charge is 0.307 e. The second kappa shape index (κ2) is 5.63. The van der Waals surface area contributed by atoms with Gasteiger partial charge in [0.25, 0.3) is 0 Å². The van der Waals surface area contributed by atoms with Gasteiger partial charge >= 0.3 is 5.97 Å². The normalized spacial score (nSPS) is 19.7. The topological polar surface area (TPSA) is 75.4 Å². The summed E-state index contributed by atoms with van der Waals surface area (Å²) in [5.74, 6) is -1.88. The SMILES string of the molecule is CN(Cc1cnn(-c2ccccc2)c1)C(=O)C1CC1C(=O)O. The van der Waals surface area contributed by atoms with Gasteiger partial charge in [0.15, 0.2) is 0 Å². The second-order valence-corrected chi connectivity index (χ2v) is 5.61. The van der Waals surface area contributed by atoms with E-state index in [0.29, 0.717) is 13.0 Å². The number of aliphatic carboxylic acids is 1. The van der Waals surface area contributed by atoms with Crippen LogP contribution in [-0.4, -0.2) is 38.7 Å². The third-order valence-corrected chi connectivity index (χ3v) is 3.88. The van der Waals surface area contributed by atoms with Crippen LogP contribution in [0.5, 0.6) is 0 Å². The largest absolute Gasteiger partial charge is 0.481 e. The first kappa shape index (κ1) is 14.3. The zero-order chi connectivity index (χ0) is 15.7. The number of nitrogens with zero attached hydrogens (tertiary/aromatic N) is 3. The van der Waals surface area contributed by atoms with Crippen LogP contribution in [0, 0.1) is 11.8 Å². The first-order valence-corrected chi connectivity index (χ1v) is 7.13. The molecule has 0 aliphatic heterocycles. The molecule has 1 amide bonds. The summed E-state index contributed by atoms with van der Waals surface area (Å²) in [5, 5.41) is 13.2. The van der Waals surface area contributed by atoms with Crippen molar-refractivity contribution >= 4 is 11.9 Å². The van der Waals surface area contributed by atoms with Crippen molar-refractivity contribution in [2.75, 3.05) is 7.05 Å². The molecule has 2 aromatic rings. The molecule has 1 N–H and O–H groups in total. The van der Waals surface area contributed by atoms with Crippen molar-refractivity contribution in [2.24, 2.45) is 11.8 Å². The summed E-state index contributed by atoms with van der Waals surface area (Å²) in [6.45, 7) is 0.425. The van der Waals surface area contributed by atoms with Crippen LogP contribution >= 0.6 is 0 Å². The fraction of sp³-hybridized carbons (Fsp3) is 0.312. The summed E-state index contributed by atoms with van der Waals surface area (Å²) in [6, 6.07) is 9.71. The van der Waals surface area contributed by atoms with Gasteiger partial charge in [-0.3, -0.25) is 9.59 Å². The molecule has 1 aromatic heterocycles. The van der Waals surface area contributed by atoms with E-state index < -0.39 is 11.9 Å². The average Bonchev–Trinajstić information content (AvgIpc) is 3.20. The van der Waals surface area contributed by atoms with Crippen molar-refractivity contribution in [3.8, 4) is 5.69 Å². The molecule has 1 heterocycles. The first-order chi connectivity index (χ1) is 10.6. The van der Waals surface area contributed by atoms with Crippen LogP contribution in [-0.2, 0) is 16.1 Å². The number of hydrogen-bond acceptors (Lipinski definition) is 3. The highest BCUT2D eigenvalue weighted by Crippen LogP contribution is 2.40. The van der Waals surface area contributed by atoms with E-state index in [0.717, 1.165) is 11.3 Å². The van der Waals surface area contributed by atoms with Gasteiger partial charge in [-0.2, -0.15) is 5.10 Å². The fourth-order valence-electron chi connectivity index (χ4n) is 2.54. The van der Waals surface area contributed by atoms with Crippen LogP contribution in [0.2, 0.25) is 0 Å². The minimum Gasteiger partial charge on any atom is -0.481 e. The Kier molecular flexibility index (Phi) is 3.66. The maximum absolute atomic E-state index is 12.1. The van der Waals surface area contributed by atoms with Gasteiger partial charge in [-0.1, -0.05) is 18.2 Å². The third kappa shape index (κ3) is 2.86. The molecule has 3 rings (SSSR count). The van der Waals surface area contributed by atoms with E-state index in [4.69, 9.17) is 5.11 Å². The lowest BCUT2D eigenvalue weighted by Crippen LogP contribution is -2.28. The van der Waals surface area contributed by atoms with E-state index in [1.807, 2.05) is 36.5 Å². The van der Waals surface area contributed by atoms with E-state index in [2.05, 4.69) is 5.10 Å². The molecule has 0 bridgehead atoms. The molecule has 1 aromatic carbocycles. The maximum atomic E-state index is 12.1. The number of aromatic nitrogens is 2. The monoisotopic (exact) mass is 299 g/mol. The maximum Gasteiger partial charge on any atom is 0.307 e. The summed E-state index contributed by atoms with van der Waals surface area (Å²) in [4.78, 5) is 24.5. The van der Waals surface area contributed by atoms with E-state index in [1.165, 1.54) is 0 Å². The molecule has 6 heteroatoms. The molecule has 1 fully saturated rings. The van der Waals surface area contributed by atoms with Gasteiger partial charge in [-0.25, -0.2) is 4.68 Å². The molecule has 0 spiro atoms. The second-order valence-electron chi connectivity index (χ2n) is 5.61. The van der Waals surface area contributed by atoms with E-state index >= 15 is 0 Å². The third-order valence-electron chi connectivity index (χ3n) is 3.88. The van der Waals surface area contributed by atoms with E-state index in [1.54, 1.807) is 22.8 Å². The number of rotatable bonds is 5. The summed E-state index contributed by atoms with van der Waals surface area (Å²) in [6.07, 6.45) is 4.04. The molecular formula is C16H17N3O3. The van der Waals surface area contributed by atoms with Gasteiger partial charge < -0.3 is 10.0 Å². The minimum absolute atomic E-state index is 0.111. The Labute approximate surface area is 128 Å². The Balaban J connectivity index is 1.63. The molecule has 1 saturated carbocycles. The molecule has 6 nitrogen and oxygen atoms in total. The molecule has 0 saturated heterocycles. The Morgan fingerprint density at radius 1 is 1.32 bits per heavy atom. The highest BCUT2D eigenvalue weighted by atomic mass is 16.4. The Bertz CT molecular complexity index is 696. The van der Waals surface area contributed by atoms with Crippen molar-refractivity contribution in [1.29, 1.82) is 0 Å².